The smallest absolute Gasteiger partial charge is 0.303 e. The molecular weight excluding hydrogens is 302 g/mol. The Morgan fingerprint density at radius 2 is 1.92 bits per heavy atom. The summed E-state index contributed by atoms with van der Waals surface area (Å²) < 4.78 is 6.13. The fraction of sp³-hybridized carbons (Fsp3) is 0.850. The first-order chi connectivity index (χ1) is 11.7. The van der Waals surface area contributed by atoms with Crippen LogP contribution in [0, 0.1) is 5.92 Å². The second kappa shape index (κ2) is 10.9. The van der Waals surface area contributed by atoms with Gasteiger partial charge in [-0.2, -0.15) is 0 Å². The van der Waals surface area contributed by atoms with E-state index >= 15 is 0 Å². The number of aliphatic carboxylic acids is 1. The molecule has 0 aromatic heterocycles. The van der Waals surface area contributed by atoms with Crippen molar-refractivity contribution < 1.29 is 14.6 Å². The third kappa shape index (κ3) is 6.21. The highest BCUT2D eigenvalue weighted by molar-refractivity contribution is 5.66. The molecule has 4 heteroatoms. The SMILES string of the molecule is CCCCCCCNC1[C@@H](C/C=C\CCCC(=O)O)[C@@H]2CC[C@H]1O2. The summed E-state index contributed by atoms with van der Waals surface area (Å²) in [7, 11) is 0. The number of rotatable bonds is 13. The summed E-state index contributed by atoms with van der Waals surface area (Å²) in [6.45, 7) is 3.37. The molecule has 2 aliphatic heterocycles. The Morgan fingerprint density at radius 3 is 2.71 bits per heavy atom. The molecule has 24 heavy (non-hydrogen) atoms. The van der Waals surface area contributed by atoms with Crippen LogP contribution in [-0.2, 0) is 9.53 Å². The van der Waals surface area contributed by atoms with Crippen LogP contribution in [0.1, 0.15) is 77.6 Å². The molecule has 4 nitrogen and oxygen atoms in total. The largest absolute Gasteiger partial charge is 0.481 e. The van der Waals surface area contributed by atoms with Gasteiger partial charge in [-0.1, -0.05) is 44.8 Å². The van der Waals surface area contributed by atoms with Crippen molar-refractivity contribution >= 4 is 5.97 Å². The maximum Gasteiger partial charge on any atom is 0.303 e. The molecule has 0 aromatic rings. The number of hydrogen-bond acceptors (Lipinski definition) is 3. The van der Waals surface area contributed by atoms with Crippen molar-refractivity contribution in [2.45, 2.75) is 95.8 Å². The van der Waals surface area contributed by atoms with E-state index in [-0.39, 0.29) is 6.42 Å². The van der Waals surface area contributed by atoms with Crippen LogP contribution in [0.4, 0.5) is 0 Å². The molecule has 2 rings (SSSR count). The van der Waals surface area contributed by atoms with E-state index in [1.807, 2.05) is 0 Å². The van der Waals surface area contributed by atoms with Gasteiger partial charge in [0.2, 0.25) is 0 Å². The van der Waals surface area contributed by atoms with Crippen molar-refractivity contribution in [3.05, 3.63) is 12.2 Å². The maximum atomic E-state index is 10.5. The zero-order valence-corrected chi connectivity index (χ0v) is 15.2. The van der Waals surface area contributed by atoms with E-state index in [9.17, 15) is 4.79 Å². The van der Waals surface area contributed by atoms with Crippen molar-refractivity contribution in [2.24, 2.45) is 5.92 Å². The zero-order valence-electron chi connectivity index (χ0n) is 15.2. The van der Waals surface area contributed by atoms with Crippen LogP contribution in [0.2, 0.25) is 0 Å². The minimum atomic E-state index is -0.701. The number of carbonyl (C=O) groups is 1. The predicted octanol–water partition coefficient (Wildman–Crippen LogP) is 4.29. The first-order valence-electron chi connectivity index (χ1n) is 9.98. The standard InChI is InChI=1S/C20H35NO3/c1-2-3-4-7-10-15-21-20-16(17-13-14-18(20)24-17)11-8-5-6-9-12-19(22)23/h5,8,16-18,20-21H,2-4,6-7,9-15H2,1H3,(H,22,23)/b8-5-/t16-,17-,18+,20?/m0/s1. The molecule has 2 bridgehead atoms. The van der Waals surface area contributed by atoms with Gasteiger partial charge in [0.25, 0.3) is 0 Å². The summed E-state index contributed by atoms with van der Waals surface area (Å²) in [6, 6.07) is 0.513. The van der Waals surface area contributed by atoms with E-state index in [2.05, 4.69) is 24.4 Å². The number of ether oxygens (including phenoxy) is 1. The highest BCUT2D eigenvalue weighted by Gasteiger charge is 2.47. The van der Waals surface area contributed by atoms with E-state index in [1.54, 1.807) is 0 Å². The average Bonchev–Trinajstić information content (AvgIpc) is 3.15. The molecule has 2 fully saturated rings. The van der Waals surface area contributed by atoms with Gasteiger partial charge in [0.05, 0.1) is 12.2 Å². The quantitative estimate of drug-likeness (QED) is 0.389. The molecule has 138 valence electrons. The maximum absolute atomic E-state index is 10.5. The summed E-state index contributed by atoms with van der Waals surface area (Å²) in [5.74, 6) is -0.108. The fourth-order valence-electron chi connectivity index (χ4n) is 4.10. The summed E-state index contributed by atoms with van der Waals surface area (Å²) >= 11 is 0. The van der Waals surface area contributed by atoms with Crippen molar-refractivity contribution in [1.29, 1.82) is 0 Å². The third-order valence-corrected chi connectivity index (χ3v) is 5.42. The number of carboxylic acids is 1. The molecule has 0 aliphatic carbocycles. The number of nitrogens with one attached hydrogen (secondary N) is 1. The predicted molar refractivity (Wildman–Crippen MR) is 97.2 cm³/mol. The molecule has 0 amide bonds. The van der Waals surface area contributed by atoms with E-state index in [1.165, 1.54) is 44.9 Å². The fourth-order valence-corrected chi connectivity index (χ4v) is 4.10. The second-order valence-corrected chi connectivity index (χ2v) is 7.34. The lowest BCUT2D eigenvalue weighted by Crippen LogP contribution is -2.44. The Bertz CT molecular complexity index is 396. The van der Waals surface area contributed by atoms with E-state index in [0.717, 1.165) is 25.8 Å². The van der Waals surface area contributed by atoms with Gasteiger partial charge in [-0.25, -0.2) is 0 Å². The third-order valence-electron chi connectivity index (χ3n) is 5.42. The van der Waals surface area contributed by atoms with Gasteiger partial charge in [0, 0.05) is 18.4 Å². The molecule has 1 unspecified atom stereocenters. The highest BCUT2D eigenvalue weighted by Crippen LogP contribution is 2.41. The molecule has 2 N–H and O–H groups in total. The van der Waals surface area contributed by atoms with Gasteiger partial charge in [-0.15, -0.1) is 0 Å². The van der Waals surface area contributed by atoms with Crippen LogP contribution in [0.25, 0.3) is 0 Å². The van der Waals surface area contributed by atoms with Gasteiger partial charge in [-0.3, -0.25) is 4.79 Å². The number of allylic oxidation sites excluding steroid dienone is 2. The van der Waals surface area contributed by atoms with Crippen molar-refractivity contribution in [1.82, 2.24) is 5.32 Å². The van der Waals surface area contributed by atoms with Crippen LogP contribution < -0.4 is 5.32 Å². The minimum absolute atomic E-state index is 0.268. The Hall–Kier alpha value is -0.870. The molecule has 0 saturated carbocycles. The van der Waals surface area contributed by atoms with Gasteiger partial charge in [0.1, 0.15) is 0 Å². The monoisotopic (exact) mass is 337 g/mol. The van der Waals surface area contributed by atoms with Crippen LogP contribution in [0.5, 0.6) is 0 Å². The van der Waals surface area contributed by atoms with Crippen molar-refractivity contribution in [3.63, 3.8) is 0 Å². The zero-order chi connectivity index (χ0) is 17.2. The summed E-state index contributed by atoms with van der Waals surface area (Å²) in [6.07, 6.45) is 17.2. The first kappa shape index (κ1) is 19.5. The Labute approximate surface area is 147 Å². The molecule has 0 spiro atoms. The Balaban J connectivity index is 1.65. The summed E-state index contributed by atoms with van der Waals surface area (Å²) in [5.41, 5.74) is 0. The molecule has 4 atom stereocenters. The van der Waals surface area contributed by atoms with Crippen molar-refractivity contribution in [3.8, 4) is 0 Å². The molecule has 0 radical (unpaired) electrons. The van der Waals surface area contributed by atoms with Crippen LogP contribution in [0.3, 0.4) is 0 Å². The van der Waals surface area contributed by atoms with Gasteiger partial charge < -0.3 is 15.2 Å². The molecule has 0 aromatic carbocycles. The lowest BCUT2D eigenvalue weighted by atomic mass is 9.82. The Morgan fingerprint density at radius 1 is 1.12 bits per heavy atom. The molecule has 2 aliphatic rings. The van der Waals surface area contributed by atoms with Gasteiger partial charge in [-0.05, 0) is 45.1 Å². The van der Waals surface area contributed by atoms with Crippen LogP contribution >= 0.6 is 0 Å². The average molecular weight is 338 g/mol. The lowest BCUT2D eigenvalue weighted by molar-refractivity contribution is -0.137. The van der Waals surface area contributed by atoms with Crippen molar-refractivity contribution in [2.75, 3.05) is 6.54 Å². The Kier molecular flexibility index (Phi) is 8.82. The van der Waals surface area contributed by atoms with Crippen LogP contribution in [-0.4, -0.2) is 35.9 Å². The van der Waals surface area contributed by atoms with E-state index in [4.69, 9.17) is 9.84 Å². The number of carboxylic acid groups (broad SMARTS) is 1. The topological polar surface area (TPSA) is 58.6 Å². The minimum Gasteiger partial charge on any atom is -0.481 e. The van der Waals surface area contributed by atoms with Gasteiger partial charge in [0.15, 0.2) is 0 Å². The number of hydrogen-bond donors (Lipinski definition) is 2. The lowest BCUT2D eigenvalue weighted by Gasteiger charge is -2.28. The highest BCUT2D eigenvalue weighted by atomic mass is 16.5. The van der Waals surface area contributed by atoms with Gasteiger partial charge >= 0.3 is 5.97 Å². The normalized spacial score (nSPS) is 28.9. The molecule has 2 saturated heterocycles. The second-order valence-electron chi connectivity index (χ2n) is 7.34. The summed E-state index contributed by atoms with van der Waals surface area (Å²) in [5, 5.41) is 12.4. The number of unbranched alkanes of at least 4 members (excludes halogenated alkanes) is 5. The summed E-state index contributed by atoms with van der Waals surface area (Å²) in [4.78, 5) is 10.5. The molecule has 2 heterocycles. The van der Waals surface area contributed by atoms with Crippen LogP contribution in [0.15, 0.2) is 12.2 Å². The van der Waals surface area contributed by atoms with E-state index in [0.29, 0.717) is 24.2 Å². The first-order valence-corrected chi connectivity index (χ1v) is 9.98. The molecular formula is C20H35NO3. The van der Waals surface area contributed by atoms with E-state index < -0.39 is 5.97 Å². The number of fused-ring (bicyclic) bond motifs is 2.